The van der Waals surface area contributed by atoms with Crippen LogP contribution in [0.4, 0.5) is 0 Å². The summed E-state index contributed by atoms with van der Waals surface area (Å²) >= 11 is 0. The lowest BCUT2D eigenvalue weighted by Gasteiger charge is -2.18. The van der Waals surface area contributed by atoms with E-state index in [-0.39, 0.29) is 41.4 Å². The van der Waals surface area contributed by atoms with E-state index in [9.17, 15) is 24.1 Å². The number of Topliss-reactive ketones (excluding diaryl/α,β-unsaturated/α-hetero) is 4. The molecular weight excluding hydrogens is 462 g/mol. The van der Waals surface area contributed by atoms with Crippen molar-refractivity contribution in [3.63, 3.8) is 0 Å². The van der Waals surface area contributed by atoms with E-state index in [1.54, 1.807) is 41.5 Å². The fourth-order valence-electron chi connectivity index (χ4n) is 4.39. The lowest BCUT2D eigenvalue weighted by atomic mass is 9.84. The summed E-state index contributed by atoms with van der Waals surface area (Å²) in [4.78, 5) is 70.9. The molecule has 0 unspecified atom stereocenters. The van der Waals surface area contributed by atoms with Gasteiger partial charge in [-0.15, -0.1) is 0 Å². The first-order valence-corrected chi connectivity index (χ1v) is 12.6. The van der Waals surface area contributed by atoms with Crippen LogP contribution in [0.1, 0.15) is 92.9 Å². The number of nitrogens with zero attached hydrogens (tertiary/aromatic N) is 1. The lowest BCUT2D eigenvalue weighted by Crippen LogP contribution is -2.20. The average Bonchev–Trinajstić information content (AvgIpc) is 2.86. The quantitative estimate of drug-likeness (QED) is 0.180. The summed E-state index contributed by atoms with van der Waals surface area (Å²) in [5.74, 6) is -0.214. The van der Waals surface area contributed by atoms with E-state index in [4.69, 9.17) is 9.68 Å². The average molecular weight is 501 g/mol. The van der Waals surface area contributed by atoms with Crippen molar-refractivity contribution in [2.75, 3.05) is 13.2 Å². The van der Waals surface area contributed by atoms with Gasteiger partial charge in [-0.2, -0.15) is 9.68 Å². The summed E-state index contributed by atoms with van der Waals surface area (Å²) in [7, 11) is 0. The highest BCUT2D eigenvalue weighted by atomic mass is 17.0. The van der Waals surface area contributed by atoms with Crippen LogP contribution in [-0.2, 0) is 28.9 Å². The molecule has 0 saturated heterocycles. The fraction of sp³-hybridized carbons (Fsp3) is 0.571. The Bertz CT molecular complexity index is 1000. The van der Waals surface area contributed by atoms with Crippen molar-refractivity contribution in [3.8, 4) is 0 Å². The predicted molar refractivity (Wildman–Crippen MR) is 135 cm³/mol. The Morgan fingerprint density at radius 3 is 1.17 bits per heavy atom. The molecule has 0 spiro atoms. The second-order valence-electron chi connectivity index (χ2n) is 9.53. The summed E-state index contributed by atoms with van der Waals surface area (Å²) in [6, 6.07) is 0. The van der Waals surface area contributed by atoms with Crippen LogP contribution in [0.25, 0.3) is 0 Å². The van der Waals surface area contributed by atoms with Crippen LogP contribution in [0.15, 0.2) is 44.6 Å². The van der Waals surface area contributed by atoms with E-state index in [0.717, 1.165) is 25.7 Å². The zero-order valence-electron chi connectivity index (χ0n) is 22.4. The molecule has 0 aliphatic heterocycles. The highest BCUT2D eigenvalue weighted by molar-refractivity contribution is 6.25. The van der Waals surface area contributed by atoms with Gasteiger partial charge in [0.25, 0.3) is 0 Å². The Labute approximate surface area is 213 Å². The summed E-state index contributed by atoms with van der Waals surface area (Å²) in [6.07, 6.45) is 5.25. The second-order valence-corrected chi connectivity index (χ2v) is 9.53. The Kier molecular flexibility index (Phi) is 10.7. The summed E-state index contributed by atoms with van der Waals surface area (Å²) in [5, 5.41) is 0.125. The number of ketones is 4. The Hall–Kier alpha value is -3.16. The molecule has 0 radical (unpaired) electrons. The van der Waals surface area contributed by atoms with Gasteiger partial charge < -0.3 is 0 Å². The molecule has 8 heteroatoms. The van der Waals surface area contributed by atoms with Crippen LogP contribution in [0.5, 0.6) is 0 Å². The van der Waals surface area contributed by atoms with Gasteiger partial charge in [0.2, 0.25) is 0 Å². The van der Waals surface area contributed by atoms with Crippen LogP contribution in [-0.4, -0.2) is 41.4 Å². The molecule has 8 nitrogen and oxygen atoms in total. The highest BCUT2D eigenvalue weighted by Gasteiger charge is 2.28. The molecule has 0 amide bonds. The van der Waals surface area contributed by atoms with E-state index in [1.807, 2.05) is 0 Å². The van der Waals surface area contributed by atoms with Gasteiger partial charge in [0.05, 0.1) is 0 Å². The number of carbonyl (C=O) groups excluding carboxylic acids is 4. The van der Waals surface area contributed by atoms with Crippen molar-refractivity contribution in [1.82, 2.24) is 0 Å². The lowest BCUT2D eigenvalue weighted by molar-refractivity contribution is -0.981. The maximum Gasteiger partial charge on any atom is 0.477 e. The maximum absolute atomic E-state index is 12.4. The molecule has 36 heavy (non-hydrogen) atoms. The van der Waals surface area contributed by atoms with Gasteiger partial charge in [-0.1, -0.05) is 0 Å². The third-order valence-corrected chi connectivity index (χ3v) is 7.16. The van der Waals surface area contributed by atoms with E-state index < -0.39 is 0 Å². The normalized spacial score (nSPS) is 17.1. The smallest absolute Gasteiger partial charge is 0.289 e. The third kappa shape index (κ3) is 6.95. The zero-order chi connectivity index (χ0) is 27.0. The molecule has 0 heterocycles. The molecule has 0 bridgehead atoms. The van der Waals surface area contributed by atoms with Crippen molar-refractivity contribution in [2.45, 2.75) is 92.9 Å². The summed E-state index contributed by atoms with van der Waals surface area (Å²) < 4.78 is 0. The Morgan fingerprint density at radius 1 is 0.472 bits per heavy atom. The van der Waals surface area contributed by atoms with Crippen molar-refractivity contribution >= 4 is 23.1 Å². The van der Waals surface area contributed by atoms with Gasteiger partial charge in [0, 0.05) is 44.6 Å². The molecule has 0 atom stereocenters. The number of allylic oxidation sites excluding steroid dienone is 8. The van der Waals surface area contributed by atoms with E-state index >= 15 is 0 Å². The van der Waals surface area contributed by atoms with Crippen molar-refractivity contribution < 1.29 is 33.9 Å². The van der Waals surface area contributed by atoms with Crippen LogP contribution >= 0.6 is 0 Å². The number of carbonyl (C=O) groups is 4. The fourth-order valence-corrected chi connectivity index (χ4v) is 4.39. The largest absolute Gasteiger partial charge is 0.477 e. The van der Waals surface area contributed by atoms with Crippen LogP contribution in [0.2, 0.25) is 0 Å². The van der Waals surface area contributed by atoms with E-state index in [1.165, 1.54) is 0 Å². The van der Waals surface area contributed by atoms with Gasteiger partial charge in [0.1, 0.15) is 4.91 Å². The summed E-state index contributed by atoms with van der Waals surface area (Å²) in [6.45, 7) is 10.6. The monoisotopic (exact) mass is 500 g/mol. The minimum Gasteiger partial charge on any atom is -0.289 e. The number of unbranched alkanes of at least 4 members (excludes halogenated alkanes) is 4. The second kappa shape index (κ2) is 13.2. The molecular formula is C28H38NO7+. The Morgan fingerprint density at radius 2 is 0.806 bits per heavy atom. The first-order valence-electron chi connectivity index (χ1n) is 12.6. The molecule has 0 aromatic carbocycles. The zero-order valence-corrected chi connectivity index (χ0v) is 22.4. The van der Waals surface area contributed by atoms with Crippen molar-refractivity contribution in [1.29, 1.82) is 0 Å². The van der Waals surface area contributed by atoms with Crippen LogP contribution in [0.3, 0.4) is 0 Å². The first-order chi connectivity index (χ1) is 17.0. The SMILES string of the molecule is CC1=C(C)C(=O)C(CCCCCO[N+](=O)OCCCCCC2=C(C)C(=O)C(C)=C(C)C2=O)=C(C)C1=O. The topological polar surface area (TPSA) is 107 Å². The standard InChI is InChI=1S/C28H38NO7/c1-17-19(3)27(32)23(21(5)25(17)30)13-9-7-11-15-35-29(34)36-16-12-8-10-14-24-22(6)26(31)18(2)20(4)28(24)33/h7-16H2,1-6H3/q+1. The minimum absolute atomic E-state index is 0.0484. The maximum atomic E-state index is 12.4. The van der Waals surface area contributed by atoms with E-state index in [2.05, 4.69) is 0 Å². The van der Waals surface area contributed by atoms with Crippen molar-refractivity contribution in [3.05, 3.63) is 49.5 Å². The molecule has 2 aliphatic carbocycles. The minimum atomic E-state index is -0.0586. The number of hydrogen-bond acceptors (Lipinski definition) is 7. The van der Waals surface area contributed by atoms with Gasteiger partial charge in [-0.3, -0.25) is 19.2 Å². The van der Waals surface area contributed by atoms with Crippen LogP contribution in [0, 0.1) is 4.91 Å². The van der Waals surface area contributed by atoms with Gasteiger partial charge in [-0.25, -0.2) is 0 Å². The van der Waals surface area contributed by atoms with Gasteiger partial charge >= 0.3 is 5.09 Å². The molecule has 0 N–H and O–H groups in total. The molecule has 196 valence electrons. The molecule has 2 rings (SSSR count). The number of hydrogen-bond donors (Lipinski definition) is 0. The molecule has 0 aromatic rings. The van der Waals surface area contributed by atoms with Gasteiger partial charge in [0.15, 0.2) is 36.3 Å². The number of rotatable bonds is 14. The molecule has 0 aromatic heterocycles. The van der Waals surface area contributed by atoms with Crippen LogP contribution < -0.4 is 0 Å². The molecule has 0 saturated carbocycles. The molecule has 2 aliphatic rings. The van der Waals surface area contributed by atoms with Crippen molar-refractivity contribution in [2.24, 2.45) is 0 Å². The Balaban J connectivity index is 1.56. The predicted octanol–water partition coefficient (Wildman–Crippen LogP) is 5.36. The van der Waals surface area contributed by atoms with E-state index in [0.29, 0.717) is 70.3 Å². The summed E-state index contributed by atoms with van der Waals surface area (Å²) in [5.41, 5.74) is 4.34. The highest BCUT2D eigenvalue weighted by Crippen LogP contribution is 2.28. The third-order valence-electron chi connectivity index (χ3n) is 7.16. The molecule has 0 fully saturated rings. The van der Waals surface area contributed by atoms with Gasteiger partial charge in [-0.05, 0) is 92.9 Å². The first kappa shape index (κ1) is 29.1.